The molecule has 0 spiro atoms. The highest BCUT2D eigenvalue weighted by molar-refractivity contribution is 14.0. The third kappa shape index (κ3) is 5.82. The molecule has 2 aromatic carbocycles. The van der Waals surface area contributed by atoms with Crippen LogP contribution in [0.1, 0.15) is 23.5 Å². The molecule has 1 N–H and O–H groups in total. The molecule has 1 atom stereocenters. The van der Waals surface area contributed by atoms with E-state index in [9.17, 15) is 4.39 Å². The summed E-state index contributed by atoms with van der Waals surface area (Å²) in [4.78, 5) is 6.70. The molecule has 0 aromatic heterocycles. The van der Waals surface area contributed by atoms with Crippen LogP contribution in [0.25, 0.3) is 0 Å². The van der Waals surface area contributed by atoms with Crippen molar-refractivity contribution in [3.8, 4) is 5.75 Å². The Morgan fingerprint density at radius 1 is 1.26 bits per heavy atom. The third-order valence-corrected chi connectivity index (χ3v) is 4.87. The van der Waals surface area contributed by atoms with Crippen LogP contribution in [-0.4, -0.2) is 44.7 Å². The van der Waals surface area contributed by atoms with Crippen molar-refractivity contribution in [3.05, 3.63) is 65.5 Å². The number of hydrogen-bond donors (Lipinski definition) is 1. The largest absolute Gasteiger partial charge is 0.497 e. The fourth-order valence-electron chi connectivity index (χ4n) is 3.44. The van der Waals surface area contributed by atoms with Gasteiger partial charge in [0, 0.05) is 32.6 Å². The van der Waals surface area contributed by atoms with Gasteiger partial charge in [-0.1, -0.05) is 24.3 Å². The second kappa shape index (κ2) is 10.5. The zero-order valence-electron chi connectivity index (χ0n) is 15.8. The number of ether oxygens (including phenoxy) is 1. The van der Waals surface area contributed by atoms with Crippen molar-refractivity contribution in [2.75, 3.05) is 33.8 Å². The maximum absolute atomic E-state index is 13.3. The van der Waals surface area contributed by atoms with Crippen LogP contribution < -0.4 is 10.1 Å². The van der Waals surface area contributed by atoms with Crippen LogP contribution in [0.5, 0.6) is 5.75 Å². The van der Waals surface area contributed by atoms with Crippen molar-refractivity contribution in [2.24, 2.45) is 4.99 Å². The minimum absolute atomic E-state index is 0. The molecule has 1 fully saturated rings. The quantitative estimate of drug-likeness (QED) is 0.396. The summed E-state index contributed by atoms with van der Waals surface area (Å²) in [6.07, 6.45) is 1.88. The smallest absolute Gasteiger partial charge is 0.193 e. The molecule has 1 aliphatic heterocycles. The SMILES string of the molecule is CN=C(NCCc1cccc(F)c1)N1CCC(c2ccc(OC)cc2)C1.I. The van der Waals surface area contributed by atoms with E-state index in [1.54, 1.807) is 19.2 Å². The molecule has 2 aromatic rings. The first kappa shape index (κ1) is 21.5. The second-order valence-corrected chi connectivity index (χ2v) is 6.56. The Bertz CT molecular complexity index is 751. The highest BCUT2D eigenvalue weighted by atomic mass is 127. The highest BCUT2D eigenvalue weighted by Crippen LogP contribution is 2.28. The Kier molecular flexibility index (Phi) is 8.34. The van der Waals surface area contributed by atoms with E-state index in [0.717, 1.165) is 49.7 Å². The number of likely N-dealkylation sites (tertiary alicyclic amines) is 1. The normalized spacial score (nSPS) is 16.8. The summed E-state index contributed by atoms with van der Waals surface area (Å²) in [5, 5.41) is 3.40. The zero-order valence-corrected chi connectivity index (χ0v) is 18.2. The average Bonchev–Trinajstić information content (AvgIpc) is 3.15. The molecular formula is C21H27FIN3O. The van der Waals surface area contributed by atoms with Gasteiger partial charge >= 0.3 is 0 Å². The molecule has 6 heteroatoms. The molecule has 3 rings (SSSR count). The van der Waals surface area contributed by atoms with Gasteiger partial charge in [-0.25, -0.2) is 4.39 Å². The van der Waals surface area contributed by atoms with Gasteiger partial charge in [0.1, 0.15) is 11.6 Å². The maximum Gasteiger partial charge on any atom is 0.193 e. The molecule has 146 valence electrons. The molecule has 0 aliphatic carbocycles. The first-order chi connectivity index (χ1) is 12.7. The molecule has 27 heavy (non-hydrogen) atoms. The number of hydrogen-bond acceptors (Lipinski definition) is 2. The molecule has 4 nitrogen and oxygen atoms in total. The van der Waals surface area contributed by atoms with Gasteiger partial charge in [0.05, 0.1) is 7.11 Å². The van der Waals surface area contributed by atoms with E-state index < -0.39 is 0 Å². The molecule has 0 bridgehead atoms. The lowest BCUT2D eigenvalue weighted by Crippen LogP contribution is -2.40. The van der Waals surface area contributed by atoms with Crippen molar-refractivity contribution < 1.29 is 9.13 Å². The van der Waals surface area contributed by atoms with Crippen molar-refractivity contribution in [1.29, 1.82) is 0 Å². The molecule has 1 heterocycles. The lowest BCUT2D eigenvalue weighted by Gasteiger charge is -2.22. The molecule has 1 unspecified atom stereocenters. The van der Waals surface area contributed by atoms with E-state index in [1.165, 1.54) is 11.6 Å². The number of halogens is 2. The van der Waals surface area contributed by atoms with E-state index in [2.05, 4.69) is 27.3 Å². The summed E-state index contributed by atoms with van der Waals surface area (Å²) in [6.45, 7) is 2.67. The summed E-state index contributed by atoms with van der Waals surface area (Å²) in [6, 6.07) is 15.1. The number of nitrogens with one attached hydrogen (secondary N) is 1. The minimum atomic E-state index is -0.186. The Morgan fingerprint density at radius 2 is 2.04 bits per heavy atom. The second-order valence-electron chi connectivity index (χ2n) is 6.56. The lowest BCUT2D eigenvalue weighted by atomic mass is 9.98. The van der Waals surface area contributed by atoms with Gasteiger partial charge < -0.3 is 15.0 Å². The van der Waals surface area contributed by atoms with Crippen LogP contribution in [0.3, 0.4) is 0 Å². The molecule has 0 saturated carbocycles. The van der Waals surface area contributed by atoms with Crippen LogP contribution in [0.15, 0.2) is 53.5 Å². The predicted molar refractivity (Wildman–Crippen MR) is 119 cm³/mol. The van der Waals surface area contributed by atoms with Crippen molar-refractivity contribution in [3.63, 3.8) is 0 Å². The van der Waals surface area contributed by atoms with Crippen molar-refractivity contribution >= 4 is 29.9 Å². The number of nitrogens with zero attached hydrogens (tertiary/aromatic N) is 2. The van der Waals surface area contributed by atoms with Gasteiger partial charge in [-0.2, -0.15) is 0 Å². The third-order valence-electron chi connectivity index (χ3n) is 4.87. The summed E-state index contributed by atoms with van der Waals surface area (Å²) in [7, 11) is 3.50. The Hall–Kier alpha value is -1.83. The number of benzene rings is 2. The van der Waals surface area contributed by atoms with Crippen LogP contribution in [0.2, 0.25) is 0 Å². The van der Waals surface area contributed by atoms with Crippen molar-refractivity contribution in [1.82, 2.24) is 10.2 Å². The fourth-order valence-corrected chi connectivity index (χ4v) is 3.44. The standard InChI is InChI=1S/C21H26FN3O.HI/c1-23-21(24-12-10-16-4-3-5-19(22)14-16)25-13-11-18(15-25)17-6-8-20(26-2)9-7-17;/h3-9,14,18H,10-13,15H2,1-2H3,(H,23,24);1H. The van der Waals surface area contributed by atoms with Gasteiger partial charge in [0.15, 0.2) is 5.96 Å². The number of aliphatic imine (C=N–C) groups is 1. The van der Waals surface area contributed by atoms with Gasteiger partial charge in [0.2, 0.25) is 0 Å². The van der Waals surface area contributed by atoms with Gasteiger partial charge in [-0.15, -0.1) is 24.0 Å². The Balaban J connectivity index is 0.00000261. The average molecular weight is 483 g/mol. The van der Waals surface area contributed by atoms with E-state index >= 15 is 0 Å². The monoisotopic (exact) mass is 483 g/mol. The number of methoxy groups -OCH3 is 1. The highest BCUT2D eigenvalue weighted by Gasteiger charge is 2.25. The lowest BCUT2D eigenvalue weighted by molar-refractivity contribution is 0.414. The first-order valence-corrected chi connectivity index (χ1v) is 9.03. The zero-order chi connectivity index (χ0) is 18.4. The summed E-state index contributed by atoms with van der Waals surface area (Å²) >= 11 is 0. The van der Waals surface area contributed by atoms with Crippen LogP contribution in [0, 0.1) is 5.82 Å². The van der Waals surface area contributed by atoms with Crippen molar-refractivity contribution in [2.45, 2.75) is 18.8 Å². The molecule has 0 amide bonds. The van der Waals surface area contributed by atoms with Crippen LogP contribution in [0.4, 0.5) is 4.39 Å². The summed E-state index contributed by atoms with van der Waals surface area (Å²) < 4.78 is 18.5. The maximum atomic E-state index is 13.3. The number of guanidine groups is 1. The van der Waals surface area contributed by atoms with Crippen LogP contribution >= 0.6 is 24.0 Å². The molecule has 1 saturated heterocycles. The van der Waals surface area contributed by atoms with E-state index in [1.807, 2.05) is 25.2 Å². The summed E-state index contributed by atoms with van der Waals surface area (Å²) in [5.74, 6) is 2.12. The van der Waals surface area contributed by atoms with E-state index in [-0.39, 0.29) is 29.8 Å². The fraction of sp³-hybridized carbons (Fsp3) is 0.381. The first-order valence-electron chi connectivity index (χ1n) is 9.03. The number of rotatable bonds is 5. The van der Waals surface area contributed by atoms with Gasteiger partial charge in [-0.3, -0.25) is 4.99 Å². The summed E-state index contributed by atoms with van der Waals surface area (Å²) in [5.41, 5.74) is 2.33. The van der Waals surface area contributed by atoms with E-state index in [0.29, 0.717) is 5.92 Å². The predicted octanol–water partition coefficient (Wildman–Crippen LogP) is 4.06. The minimum Gasteiger partial charge on any atom is -0.497 e. The van der Waals surface area contributed by atoms with Gasteiger partial charge in [0.25, 0.3) is 0 Å². The van der Waals surface area contributed by atoms with Crippen LogP contribution in [-0.2, 0) is 6.42 Å². The Morgan fingerprint density at radius 3 is 2.70 bits per heavy atom. The molecule has 0 radical (unpaired) electrons. The Labute approximate surface area is 177 Å². The molecule has 1 aliphatic rings. The van der Waals surface area contributed by atoms with E-state index in [4.69, 9.17) is 4.74 Å². The topological polar surface area (TPSA) is 36.9 Å². The van der Waals surface area contributed by atoms with Gasteiger partial charge in [-0.05, 0) is 48.2 Å². The molecular weight excluding hydrogens is 456 g/mol.